The van der Waals surface area contributed by atoms with E-state index in [1.165, 1.54) is 31.8 Å². The lowest BCUT2D eigenvalue weighted by Gasteiger charge is -2.16. The maximum Gasteiger partial charge on any atom is 0.261 e. The highest BCUT2D eigenvalue weighted by Gasteiger charge is 2.19. The third-order valence-corrected chi connectivity index (χ3v) is 6.70. The lowest BCUT2D eigenvalue weighted by molar-refractivity contribution is -0.127. The molecule has 0 saturated carbocycles. The molecular weight excluding hydrogens is 406 g/mol. The van der Waals surface area contributed by atoms with E-state index in [-0.39, 0.29) is 23.5 Å². The van der Waals surface area contributed by atoms with Crippen LogP contribution in [0, 0.1) is 13.8 Å². The minimum atomic E-state index is -3.62. The van der Waals surface area contributed by atoms with Crippen LogP contribution in [-0.4, -0.2) is 54.5 Å². The maximum absolute atomic E-state index is 12.3. The Morgan fingerprint density at radius 3 is 2.57 bits per heavy atom. The Morgan fingerprint density at radius 1 is 1.17 bits per heavy atom. The van der Waals surface area contributed by atoms with E-state index in [1.54, 1.807) is 6.07 Å². The smallest absolute Gasteiger partial charge is 0.261 e. The van der Waals surface area contributed by atoms with Crippen LogP contribution in [-0.2, 0) is 14.8 Å². The van der Waals surface area contributed by atoms with Crippen molar-refractivity contribution in [2.75, 3.05) is 20.7 Å². The van der Waals surface area contributed by atoms with Gasteiger partial charge in [0.2, 0.25) is 10.0 Å². The molecule has 1 amide bonds. The molecule has 0 bridgehead atoms. The first-order valence-corrected chi connectivity index (χ1v) is 10.8. The summed E-state index contributed by atoms with van der Waals surface area (Å²) in [4.78, 5) is 18.9. The van der Waals surface area contributed by atoms with Crippen molar-refractivity contribution in [3.63, 3.8) is 0 Å². The summed E-state index contributed by atoms with van der Waals surface area (Å²) in [6, 6.07) is 10.3. The van der Waals surface area contributed by atoms with Crippen LogP contribution in [0.3, 0.4) is 0 Å². The minimum Gasteiger partial charge on any atom is -0.385 e. The van der Waals surface area contributed by atoms with Crippen molar-refractivity contribution < 1.29 is 18.0 Å². The van der Waals surface area contributed by atoms with E-state index in [0.717, 1.165) is 20.3 Å². The largest absolute Gasteiger partial charge is 0.385 e. The van der Waals surface area contributed by atoms with Gasteiger partial charge < -0.3 is 10.2 Å². The van der Waals surface area contributed by atoms with Crippen LogP contribution in [0.1, 0.15) is 29.7 Å². The second kappa shape index (κ2) is 8.41. The number of nitrogens with one attached hydrogen (secondary N) is 1. The molecule has 9 nitrogen and oxygen atoms in total. The van der Waals surface area contributed by atoms with Crippen LogP contribution >= 0.6 is 0 Å². The molecule has 2 aromatic carbocycles. The molecule has 0 spiro atoms. The van der Waals surface area contributed by atoms with Crippen LogP contribution < -0.4 is 10.2 Å². The minimum absolute atomic E-state index is 0.0833. The molecule has 1 N–H and O–H groups in total. The van der Waals surface area contributed by atoms with Gasteiger partial charge in [-0.1, -0.05) is 23.0 Å². The number of sulfonamides is 1. The summed E-state index contributed by atoms with van der Waals surface area (Å²) >= 11 is 0. The van der Waals surface area contributed by atoms with Gasteiger partial charge in [0.25, 0.3) is 5.91 Å². The number of amides is 1. The fraction of sp³-hybridized carbons (Fsp3) is 0.350. The molecule has 1 aromatic heterocycles. The lowest BCUT2D eigenvalue weighted by atomic mass is 10.0. The standard InChI is InChI=1S/C20H25N5O4S/c1-13-6-7-16(10-14(13)2)15(3)21-20(26)12-29-25-19-11-17(30(27,28)24(4)5)8-9-18(19)22-23-25/h6-11,15H,12H2,1-5H3,(H,21,26). The molecule has 3 aromatic rings. The number of fused-ring (bicyclic) bond motifs is 1. The molecule has 1 heterocycles. The van der Waals surface area contributed by atoms with Gasteiger partial charge in [-0.25, -0.2) is 12.7 Å². The molecule has 0 aliphatic rings. The van der Waals surface area contributed by atoms with E-state index in [0.29, 0.717) is 11.0 Å². The maximum atomic E-state index is 12.3. The predicted octanol–water partition coefficient (Wildman–Crippen LogP) is 1.60. The summed E-state index contributed by atoms with van der Waals surface area (Å²) in [5.41, 5.74) is 4.15. The molecular formula is C20H25N5O4S. The first kappa shape index (κ1) is 21.7. The van der Waals surface area contributed by atoms with Gasteiger partial charge in [0.15, 0.2) is 6.61 Å². The predicted molar refractivity (Wildman–Crippen MR) is 112 cm³/mol. The third-order valence-electron chi connectivity index (χ3n) is 4.89. The summed E-state index contributed by atoms with van der Waals surface area (Å²) in [6.07, 6.45) is 0. The third kappa shape index (κ3) is 4.44. The first-order chi connectivity index (χ1) is 14.1. The van der Waals surface area contributed by atoms with E-state index in [4.69, 9.17) is 4.84 Å². The van der Waals surface area contributed by atoms with E-state index in [1.807, 2.05) is 39.0 Å². The molecule has 1 atom stereocenters. The number of rotatable bonds is 7. The van der Waals surface area contributed by atoms with Crippen molar-refractivity contribution in [2.24, 2.45) is 0 Å². The molecule has 1 unspecified atom stereocenters. The summed E-state index contributed by atoms with van der Waals surface area (Å²) in [5.74, 6) is -0.332. The molecule has 30 heavy (non-hydrogen) atoms. The Bertz CT molecular complexity index is 1190. The number of hydrogen-bond donors (Lipinski definition) is 1. The van der Waals surface area contributed by atoms with Crippen molar-refractivity contribution in [1.82, 2.24) is 24.8 Å². The van der Waals surface area contributed by atoms with E-state index >= 15 is 0 Å². The van der Waals surface area contributed by atoms with Gasteiger partial charge >= 0.3 is 0 Å². The van der Waals surface area contributed by atoms with Gasteiger partial charge in [0, 0.05) is 14.1 Å². The summed E-state index contributed by atoms with van der Waals surface area (Å²) in [5, 5.41) is 10.7. The zero-order valence-electron chi connectivity index (χ0n) is 17.6. The van der Waals surface area contributed by atoms with Crippen molar-refractivity contribution in [3.05, 3.63) is 53.1 Å². The van der Waals surface area contributed by atoms with Gasteiger partial charge in [-0.3, -0.25) is 4.79 Å². The van der Waals surface area contributed by atoms with Gasteiger partial charge in [-0.2, -0.15) is 0 Å². The van der Waals surface area contributed by atoms with Crippen molar-refractivity contribution in [1.29, 1.82) is 0 Å². The Hall–Kier alpha value is -2.98. The Balaban J connectivity index is 1.70. The average molecular weight is 432 g/mol. The van der Waals surface area contributed by atoms with Crippen molar-refractivity contribution in [2.45, 2.75) is 31.7 Å². The summed E-state index contributed by atoms with van der Waals surface area (Å²) in [6.45, 7) is 5.66. The number of aromatic nitrogens is 3. The molecule has 0 radical (unpaired) electrons. The molecule has 0 aliphatic carbocycles. The van der Waals surface area contributed by atoms with Gasteiger partial charge in [-0.15, -0.1) is 5.10 Å². The molecule has 160 valence electrons. The molecule has 3 rings (SSSR count). The van der Waals surface area contributed by atoms with Crippen LogP contribution in [0.4, 0.5) is 0 Å². The lowest BCUT2D eigenvalue weighted by Crippen LogP contribution is -2.33. The van der Waals surface area contributed by atoms with Crippen LogP contribution in [0.5, 0.6) is 0 Å². The average Bonchev–Trinajstić information content (AvgIpc) is 3.10. The van der Waals surface area contributed by atoms with E-state index < -0.39 is 10.0 Å². The Morgan fingerprint density at radius 2 is 1.90 bits per heavy atom. The van der Waals surface area contributed by atoms with Crippen LogP contribution in [0.25, 0.3) is 11.0 Å². The van der Waals surface area contributed by atoms with E-state index in [9.17, 15) is 13.2 Å². The highest BCUT2D eigenvalue weighted by atomic mass is 32.2. The van der Waals surface area contributed by atoms with Crippen LogP contribution in [0.2, 0.25) is 0 Å². The normalized spacial score (nSPS) is 12.9. The molecule has 10 heteroatoms. The Kier molecular flexibility index (Phi) is 6.09. The number of carbonyl (C=O) groups is 1. The SMILES string of the molecule is Cc1ccc(C(C)NC(=O)COn2nnc3ccc(S(=O)(=O)N(C)C)cc32)cc1C. The van der Waals surface area contributed by atoms with Crippen molar-refractivity contribution >= 4 is 27.0 Å². The highest BCUT2D eigenvalue weighted by Crippen LogP contribution is 2.19. The quantitative estimate of drug-likeness (QED) is 0.609. The molecule has 0 aliphatic heterocycles. The number of nitrogens with zero attached hydrogens (tertiary/aromatic N) is 4. The highest BCUT2D eigenvalue weighted by molar-refractivity contribution is 7.89. The fourth-order valence-electron chi connectivity index (χ4n) is 2.86. The number of aryl methyl sites for hydroxylation is 2. The first-order valence-electron chi connectivity index (χ1n) is 9.37. The molecule has 0 saturated heterocycles. The second-order valence-electron chi connectivity index (χ2n) is 7.31. The number of benzene rings is 2. The van der Waals surface area contributed by atoms with Crippen LogP contribution in [0.15, 0.2) is 41.3 Å². The fourth-order valence-corrected chi connectivity index (χ4v) is 3.79. The molecule has 0 fully saturated rings. The van der Waals surface area contributed by atoms with Gasteiger partial charge in [0.1, 0.15) is 11.0 Å². The second-order valence-corrected chi connectivity index (χ2v) is 9.46. The number of hydrogen-bond acceptors (Lipinski definition) is 6. The summed E-state index contributed by atoms with van der Waals surface area (Å²) in [7, 11) is -0.716. The topological polar surface area (TPSA) is 106 Å². The summed E-state index contributed by atoms with van der Waals surface area (Å²) < 4.78 is 25.8. The van der Waals surface area contributed by atoms with E-state index in [2.05, 4.69) is 15.6 Å². The zero-order chi connectivity index (χ0) is 22.1. The van der Waals surface area contributed by atoms with Gasteiger partial charge in [0.05, 0.1) is 10.9 Å². The monoisotopic (exact) mass is 431 g/mol. The van der Waals surface area contributed by atoms with Gasteiger partial charge in [-0.05, 0) is 60.9 Å². The Labute approximate surface area is 175 Å². The number of carbonyl (C=O) groups excluding carboxylic acids is 1. The van der Waals surface area contributed by atoms with Crippen molar-refractivity contribution in [3.8, 4) is 0 Å². The zero-order valence-corrected chi connectivity index (χ0v) is 18.4.